The van der Waals surface area contributed by atoms with Crippen molar-refractivity contribution in [2.24, 2.45) is 5.73 Å². The summed E-state index contributed by atoms with van der Waals surface area (Å²) in [5.74, 6) is 0.368. The van der Waals surface area contributed by atoms with E-state index in [1.54, 1.807) is 12.3 Å². The number of amides is 2. The molecule has 0 bridgehead atoms. The Morgan fingerprint density at radius 2 is 1.96 bits per heavy atom. The van der Waals surface area contributed by atoms with Crippen LogP contribution in [-0.4, -0.2) is 21.8 Å². The largest absolute Gasteiger partial charge is 0.441 e. The number of thiazole rings is 1. The van der Waals surface area contributed by atoms with Gasteiger partial charge < -0.3 is 15.5 Å². The van der Waals surface area contributed by atoms with Gasteiger partial charge in [0.2, 0.25) is 17.7 Å². The minimum atomic E-state index is -0.463. The maximum atomic E-state index is 12.2. The van der Waals surface area contributed by atoms with Crippen molar-refractivity contribution in [3.05, 3.63) is 52.9 Å². The van der Waals surface area contributed by atoms with Crippen LogP contribution in [0.1, 0.15) is 17.1 Å². The molecule has 2 heterocycles. The lowest BCUT2D eigenvalue weighted by Crippen LogP contribution is -2.16. The fourth-order valence-electron chi connectivity index (χ4n) is 2.24. The highest BCUT2D eigenvalue weighted by Gasteiger charge is 2.16. The Morgan fingerprint density at radius 1 is 1.20 bits per heavy atom. The second-order valence-corrected chi connectivity index (χ2v) is 6.26. The number of aromatic nitrogens is 2. The molecule has 0 fully saturated rings. The van der Waals surface area contributed by atoms with Gasteiger partial charge in [0.1, 0.15) is 5.76 Å². The van der Waals surface area contributed by atoms with Crippen molar-refractivity contribution in [1.82, 2.24) is 9.97 Å². The van der Waals surface area contributed by atoms with Crippen LogP contribution in [0.3, 0.4) is 0 Å². The summed E-state index contributed by atoms with van der Waals surface area (Å²) in [5.41, 5.74) is 7.09. The first-order chi connectivity index (χ1) is 12.0. The van der Waals surface area contributed by atoms with E-state index in [4.69, 9.17) is 10.2 Å². The van der Waals surface area contributed by atoms with Crippen molar-refractivity contribution in [3.8, 4) is 11.5 Å². The zero-order chi connectivity index (χ0) is 17.8. The second-order valence-electron chi connectivity index (χ2n) is 5.40. The lowest BCUT2D eigenvalue weighted by atomic mass is 10.2. The number of primary amides is 1. The number of anilines is 1. The van der Waals surface area contributed by atoms with Crippen molar-refractivity contribution >= 4 is 28.3 Å². The average molecular weight is 356 g/mol. The molecule has 25 heavy (non-hydrogen) atoms. The minimum absolute atomic E-state index is 0.0508. The molecule has 2 aromatic heterocycles. The third kappa shape index (κ3) is 4.30. The van der Waals surface area contributed by atoms with Gasteiger partial charge in [0.15, 0.2) is 5.13 Å². The van der Waals surface area contributed by atoms with Gasteiger partial charge in [-0.1, -0.05) is 18.2 Å². The van der Waals surface area contributed by atoms with E-state index >= 15 is 0 Å². The molecule has 0 saturated heterocycles. The molecule has 0 spiro atoms. The highest BCUT2D eigenvalue weighted by molar-refractivity contribution is 7.13. The number of aryl methyl sites for hydroxylation is 1. The number of carbonyl (C=O) groups excluding carboxylic acids is 2. The van der Waals surface area contributed by atoms with Gasteiger partial charge in [-0.2, -0.15) is 0 Å². The number of benzene rings is 1. The highest BCUT2D eigenvalue weighted by Crippen LogP contribution is 2.22. The molecule has 2 amide bonds. The molecule has 1 aromatic carbocycles. The van der Waals surface area contributed by atoms with E-state index in [1.807, 2.05) is 30.3 Å². The van der Waals surface area contributed by atoms with E-state index in [-0.39, 0.29) is 18.7 Å². The molecule has 0 aliphatic heterocycles. The molecule has 3 rings (SSSR count). The molecule has 0 atom stereocenters. The van der Waals surface area contributed by atoms with Crippen LogP contribution in [0, 0.1) is 6.92 Å². The van der Waals surface area contributed by atoms with Crippen LogP contribution in [-0.2, 0) is 22.4 Å². The van der Waals surface area contributed by atoms with Crippen molar-refractivity contribution < 1.29 is 14.0 Å². The number of rotatable bonds is 6. The number of nitrogens with two attached hydrogens (primary N) is 1. The summed E-state index contributed by atoms with van der Waals surface area (Å²) in [4.78, 5) is 31.6. The maximum absolute atomic E-state index is 12.2. The van der Waals surface area contributed by atoms with Crippen LogP contribution >= 0.6 is 11.3 Å². The van der Waals surface area contributed by atoms with Crippen LogP contribution in [0.15, 0.2) is 40.1 Å². The topological polar surface area (TPSA) is 111 Å². The monoisotopic (exact) mass is 356 g/mol. The molecule has 0 saturated carbocycles. The third-order valence-electron chi connectivity index (χ3n) is 3.39. The summed E-state index contributed by atoms with van der Waals surface area (Å²) in [7, 11) is 0. The summed E-state index contributed by atoms with van der Waals surface area (Å²) < 4.78 is 5.64. The average Bonchev–Trinajstić information content (AvgIpc) is 3.15. The molecule has 0 radical (unpaired) electrons. The van der Waals surface area contributed by atoms with Gasteiger partial charge in [-0.3, -0.25) is 9.59 Å². The first kappa shape index (κ1) is 16.8. The molecule has 0 aliphatic carbocycles. The summed E-state index contributed by atoms with van der Waals surface area (Å²) in [6.45, 7) is 1.77. The van der Waals surface area contributed by atoms with Crippen molar-refractivity contribution in [3.63, 3.8) is 0 Å². The normalized spacial score (nSPS) is 10.6. The smallest absolute Gasteiger partial charge is 0.232 e. The summed E-state index contributed by atoms with van der Waals surface area (Å²) in [6, 6.07) is 9.49. The molecule has 0 aliphatic rings. The van der Waals surface area contributed by atoms with Gasteiger partial charge >= 0.3 is 0 Å². The molecule has 3 N–H and O–H groups in total. The van der Waals surface area contributed by atoms with E-state index in [0.717, 1.165) is 5.56 Å². The number of nitrogens with zero attached hydrogens (tertiary/aromatic N) is 2. The second kappa shape index (κ2) is 7.27. The van der Waals surface area contributed by atoms with Crippen molar-refractivity contribution in [1.29, 1.82) is 0 Å². The molecule has 7 nitrogen and oxygen atoms in total. The van der Waals surface area contributed by atoms with Gasteiger partial charge in [-0.05, 0) is 19.1 Å². The zero-order valence-electron chi connectivity index (χ0n) is 13.5. The predicted octanol–water partition coefficient (Wildman–Crippen LogP) is 2.32. The van der Waals surface area contributed by atoms with Gasteiger partial charge in [0.25, 0.3) is 0 Å². The van der Waals surface area contributed by atoms with E-state index < -0.39 is 5.91 Å². The van der Waals surface area contributed by atoms with Gasteiger partial charge in [-0.25, -0.2) is 9.97 Å². The van der Waals surface area contributed by atoms with Gasteiger partial charge in [0, 0.05) is 10.9 Å². The molecular formula is C17H16N4O3S. The maximum Gasteiger partial charge on any atom is 0.232 e. The predicted molar refractivity (Wildman–Crippen MR) is 94.0 cm³/mol. The molecule has 128 valence electrons. The Balaban J connectivity index is 1.66. The van der Waals surface area contributed by atoms with Crippen molar-refractivity contribution in [2.75, 3.05) is 5.32 Å². The summed E-state index contributed by atoms with van der Waals surface area (Å²) in [6.07, 6.45) is 0.127. The lowest BCUT2D eigenvalue weighted by molar-refractivity contribution is -0.117. The SMILES string of the molecule is Cc1oc(-c2ccccc2)nc1CC(=O)Nc1nc(CC(N)=O)cs1. The highest BCUT2D eigenvalue weighted by atomic mass is 32.1. The number of hydrogen-bond acceptors (Lipinski definition) is 6. The molecular weight excluding hydrogens is 340 g/mol. The van der Waals surface area contributed by atoms with Crippen molar-refractivity contribution in [2.45, 2.75) is 19.8 Å². The van der Waals surface area contributed by atoms with Crippen LogP contribution in [0.2, 0.25) is 0 Å². The zero-order valence-corrected chi connectivity index (χ0v) is 14.3. The van der Waals surface area contributed by atoms with E-state index in [1.165, 1.54) is 11.3 Å². The quantitative estimate of drug-likeness (QED) is 0.704. The Labute approximate surface area is 147 Å². The number of oxazole rings is 1. The Bertz CT molecular complexity index is 902. The molecule has 0 unspecified atom stereocenters. The first-order valence-electron chi connectivity index (χ1n) is 7.55. The summed E-state index contributed by atoms with van der Waals surface area (Å²) >= 11 is 1.24. The van der Waals surface area contributed by atoms with Gasteiger partial charge in [-0.15, -0.1) is 11.3 Å². The minimum Gasteiger partial charge on any atom is -0.441 e. The van der Waals surface area contributed by atoms with E-state index in [2.05, 4.69) is 15.3 Å². The first-order valence-corrected chi connectivity index (χ1v) is 8.43. The lowest BCUT2D eigenvalue weighted by Gasteiger charge is -1.99. The van der Waals surface area contributed by atoms with Crippen LogP contribution in [0.4, 0.5) is 5.13 Å². The Morgan fingerprint density at radius 3 is 2.68 bits per heavy atom. The third-order valence-corrected chi connectivity index (χ3v) is 4.20. The van der Waals surface area contributed by atoms with Crippen LogP contribution in [0.25, 0.3) is 11.5 Å². The van der Waals surface area contributed by atoms with E-state index in [0.29, 0.717) is 28.2 Å². The number of hydrogen-bond donors (Lipinski definition) is 2. The van der Waals surface area contributed by atoms with Crippen LogP contribution < -0.4 is 11.1 Å². The Hall–Kier alpha value is -3.00. The Kier molecular flexibility index (Phi) is 4.90. The van der Waals surface area contributed by atoms with Crippen LogP contribution in [0.5, 0.6) is 0 Å². The van der Waals surface area contributed by atoms with Gasteiger partial charge in [0.05, 0.1) is 24.2 Å². The van der Waals surface area contributed by atoms with E-state index in [9.17, 15) is 9.59 Å². The fourth-order valence-corrected chi connectivity index (χ4v) is 2.96. The molecule has 8 heteroatoms. The molecule has 3 aromatic rings. The number of carbonyl (C=O) groups is 2. The standard InChI is InChI=1S/C17H16N4O3S/c1-10-13(20-16(24-10)11-5-3-2-4-6-11)8-15(23)21-17-19-12(9-25-17)7-14(18)22/h2-6,9H,7-8H2,1H3,(H2,18,22)(H,19,21,23). The fraction of sp³-hybridized carbons (Fsp3) is 0.176. The summed E-state index contributed by atoms with van der Waals surface area (Å²) in [5, 5.41) is 4.81. The number of nitrogens with one attached hydrogen (secondary N) is 1.